The summed E-state index contributed by atoms with van der Waals surface area (Å²) in [7, 11) is 0. The van der Waals surface area contributed by atoms with Gasteiger partial charge in [-0.2, -0.15) is 5.26 Å². The predicted molar refractivity (Wildman–Crippen MR) is 40.5 cm³/mol. The van der Waals surface area contributed by atoms with Crippen LogP contribution < -0.4 is 0 Å². The largest absolute Gasteiger partial charge is 0.359 e. The van der Waals surface area contributed by atoms with Gasteiger partial charge in [0.15, 0.2) is 0 Å². The van der Waals surface area contributed by atoms with Crippen LogP contribution in [0.2, 0.25) is 0 Å². The minimum atomic E-state index is -0.240. The molecule has 0 aromatic rings. The van der Waals surface area contributed by atoms with Gasteiger partial charge in [0.25, 0.3) is 0 Å². The molecule has 0 heterocycles. The van der Waals surface area contributed by atoms with Crippen LogP contribution in [-0.4, -0.2) is 12.7 Å². The third kappa shape index (κ3) is 4.11. The summed E-state index contributed by atoms with van der Waals surface area (Å²) in [5.41, 5.74) is 0. The van der Waals surface area contributed by atoms with Gasteiger partial charge in [0.05, 0.1) is 12.7 Å². The molecule has 0 spiro atoms. The highest BCUT2D eigenvalue weighted by Crippen LogP contribution is 1.94. The van der Waals surface area contributed by atoms with Crippen molar-refractivity contribution in [1.29, 1.82) is 5.26 Å². The van der Waals surface area contributed by atoms with Crippen LogP contribution in [0.25, 0.3) is 0 Å². The van der Waals surface area contributed by atoms with Gasteiger partial charge in [-0.1, -0.05) is 19.1 Å². The van der Waals surface area contributed by atoms with Crippen molar-refractivity contribution in [2.45, 2.75) is 26.4 Å². The second kappa shape index (κ2) is 6.31. The van der Waals surface area contributed by atoms with Crippen molar-refractivity contribution < 1.29 is 4.74 Å². The van der Waals surface area contributed by atoms with E-state index in [1.807, 2.05) is 26.0 Å². The number of hydrogen-bond acceptors (Lipinski definition) is 2. The molecule has 0 aromatic heterocycles. The third-order valence-corrected chi connectivity index (χ3v) is 1.14. The molecule has 0 saturated carbocycles. The van der Waals surface area contributed by atoms with Gasteiger partial charge in [-0.3, -0.25) is 0 Å². The number of ether oxygens (including phenoxy) is 1. The van der Waals surface area contributed by atoms with E-state index in [9.17, 15) is 0 Å². The highest BCUT2D eigenvalue weighted by Gasteiger charge is 2.00. The van der Waals surface area contributed by atoms with Crippen molar-refractivity contribution in [3.05, 3.63) is 12.2 Å². The van der Waals surface area contributed by atoms with E-state index in [0.29, 0.717) is 6.61 Å². The van der Waals surface area contributed by atoms with E-state index < -0.39 is 0 Å². The summed E-state index contributed by atoms with van der Waals surface area (Å²) in [6, 6.07) is 2.05. The molecule has 56 valence electrons. The van der Waals surface area contributed by atoms with Crippen LogP contribution in [0.1, 0.15) is 20.3 Å². The minimum Gasteiger partial charge on any atom is -0.359 e. The quantitative estimate of drug-likeness (QED) is 0.557. The molecule has 1 unspecified atom stereocenters. The van der Waals surface area contributed by atoms with Crippen LogP contribution in [-0.2, 0) is 4.74 Å². The highest BCUT2D eigenvalue weighted by atomic mass is 16.5. The Labute approximate surface area is 62.1 Å². The van der Waals surface area contributed by atoms with E-state index in [1.165, 1.54) is 0 Å². The first kappa shape index (κ1) is 9.19. The zero-order chi connectivity index (χ0) is 7.82. The van der Waals surface area contributed by atoms with E-state index in [4.69, 9.17) is 10.00 Å². The van der Waals surface area contributed by atoms with Crippen LogP contribution in [0.5, 0.6) is 0 Å². The normalized spacial score (nSPS) is 13.3. The lowest BCUT2D eigenvalue weighted by Crippen LogP contribution is -2.08. The van der Waals surface area contributed by atoms with Crippen LogP contribution in [0.15, 0.2) is 12.2 Å². The smallest absolute Gasteiger partial charge is 0.144 e. The first-order valence-electron chi connectivity index (χ1n) is 3.47. The average Bonchev–Trinajstić information content (AvgIpc) is 1.99. The maximum absolute atomic E-state index is 8.43. The molecule has 2 heteroatoms. The summed E-state index contributed by atoms with van der Waals surface area (Å²) in [6.07, 6.45) is 4.31. The van der Waals surface area contributed by atoms with E-state index in [2.05, 4.69) is 6.07 Å². The van der Waals surface area contributed by atoms with Crippen LogP contribution in [0.3, 0.4) is 0 Å². The number of nitriles is 1. The Morgan fingerprint density at radius 3 is 2.80 bits per heavy atom. The predicted octanol–water partition coefficient (Wildman–Crippen LogP) is 1.88. The summed E-state index contributed by atoms with van der Waals surface area (Å²) in [5, 5.41) is 8.43. The molecule has 0 aliphatic rings. The summed E-state index contributed by atoms with van der Waals surface area (Å²) < 4.78 is 5.13. The summed E-state index contributed by atoms with van der Waals surface area (Å²) >= 11 is 0. The highest BCUT2D eigenvalue weighted by molar-refractivity contribution is 4.84. The van der Waals surface area contributed by atoms with Crippen LogP contribution in [0.4, 0.5) is 0 Å². The third-order valence-electron chi connectivity index (χ3n) is 1.14. The fraction of sp³-hybridized carbons (Fsp3) is 0.625. The molecule has 2 nitrogen and oxygen atoms in total. The van der Waals surface area contributed by atoms with Crippen molar-refractivity contribution in [1.82, 2.24) is 0 Å². The second-order valence-corrected chi connectivity index (χ2v) is 1.93. The summed E-state index contributed by atoms with van der Waals surface area (Å²) in [6.45, 7) is 4.41. The molecule has 0 aliphatic carbocycles. The fourth-order valence-corrected chi connectivity index (χ4v) is 0.514. The van der Waals surface area contributed by atoms with Crippen molar-refractivity contribution in [2.75, 3.05) is 6.61 Å². The Hall–Kier alpha value is -0.810. The standard InChI is InChI=1S/C8H13NO/c1-3-5-6-10-8(4-2)7-9/h3,5,8H,4,6H2,1-2H3. The lowest BCUT2D eigenvalue weighted by molar-refractivity contribution is 0.112. The van der Waals surface area contributed by atoms with Gasteiger partial charge >= 0.3 is 0 Å². The second-order valence-electron chi connectivity index (χ2n) is 1.93. The monoisotopic (exact) mass is 139 g/mol. The molecule has 0 aliphatic heterocycles. The van der Waals surface area contributed by atoms with Gasteiger partial charge in [0.2, 0.25) is 0 Å². The molecule has 0 amide bonds. The first-order chi connectivity index (χ1) is 4.85. The lowest BCUT2D eigenvalue weighted by atomic mass is 10.3. The summed E-state index contributed by atoms with van der Waals surface area (Å²) in [4.78, 5) is 0. The van der Waals surface area contributed by atoms with Gasteiger partial charge in [0.1, 0.15) is 6.10 Å². The molecule has 0 rings (SSSR count). The molecular formula is C8H13NO. The zero-order valence-electron chi connectivity index (χ0n) is 6.50. The molecule has 1 atom stereocenters. The lowest BCUT2D eigenvalue weighted by Gasteiger charge is -2.03. The molecule has 10 heavy (non-hydrogen) atoms. The Bertz CT molecular complexity index is 135. The van der Waals surface area contributed by atoms with E-state index in [1.54, 1.807) is 0 Å². The van der Waals surface area contributed by atoms with Crippen molar-refractivity contribution >= 4 is 0 Å². The molecule has 0 N–H and O–H groups in total. The van der Waals surface area contributed by atoms with Gasteiger partial charge < -0.3 is 4.74 Å². The zero-order valence-corrected chi connectivity index (χ0v) is 6.50. The van der Waals surface area contributed by atoms with Gasteiger partial charge in [-0.25, -0.2) is 0 Å². The summed E-state index contributed by atoms with van der Waals surface area (Å²) in [5.74, 6) is 0. The molecule has 0 fully saturated rings. The molecule has 0 saturated heterocycles. The molecule has 0 radical (unpaired) electrons. The van der Waals surface area contributed by atoms with Crippen molar-refractivity contribution in [2.24, 2.45) is 0 Å². The van der Waals surface area contributed by atoms with Crippen LogP contribution >= 0.6 is 0 Å². The molecular weight excluding hydrogens is 126 g/mol. The van der Waals surface area contributed by atoms with E-state index in [-0.39, 0.29) is 6.10 Å². The first-order valence-corrected chi connectivity index (χ1v) is 3.47. The minimum absolute atomic E-state index is 0.240. The maximum Gasteiger partial charge on any atom is 0.144 e. The maximum atomic E-state index is 8.43. The molecule has 0 bridgehead atoms. The number of rotatable bonds is 4. The number of nitrogens with zero attached hydrogens (tertiary/aromatic N) is 1. The fourth-order valence-electron chi connectivity index (χ4n) is 0.514. The van der Waals surface area contributed by atoms with Crippen molar-refractivity contribution in [3.8, 4) is 6.07 Å². The number of allylic oxidation sites excluding steroid dienone is 1. The SMILES string of the molecule is CC=CCOC(C#N)CC. The van der Waals surface area contributed by atoms with E-state index >= 15 is 0 Å². The van der Waals surface area contributed by atoms with Crippen molar-refractivity contribution in [3.63, 3.8) is 0 Å². The Balaban J connectivity index is 3.37. The van der Waals surface area contributed by atoms with Gasteiger partial charge in [-0.05, 0) is 13.3 Å². The Morgan fingerprint density at radius 1 is 1.70 bits per heavy atom. The average molecular weight is 139 g/mol. The van der Waals surface area contributed by atoms with Gasteiger partial charge in [0, 0.05) is 0 Å². The number of hydrogen-bond donors (Lipinski definition) is 0. The Kier molecular flexibility index (Phi) is 5.80. The van der Waals surface area contributed by atoms with Gasteiger partial charge in [-0.15, -0.1) is 0 Å². The van der Waals surface area contributed by atoms with E-state index in [0.717, 1.165) is 6.42 Å². The topological polar surface area (TPSA) is 33.0 Å². The molecule has 0 aromatic carbocycles. The van der Waals surface area contributed by atoms with Crippen LogP contribution in [0, 0.1) is 11.3 Å². The Morgan fingerprint density at radius 2 is 2.40 bits per heavy atom.